The van der Waals surface area contributed by atoms with Crippen LogP contribution in [0.4, 0.5) is 4.79 Å². The molecule has 0 aromatic heterocycles. The van der Waals surface area contributed by atoms with Crippen LogP contribution in [-0.4, -0.2) is 67.7 Å². The summed E-state index contributed by atoms with van der Waals surface area (Å²) in [4.78, 5) is 27.9. The van der Waals surface area contributed by atoms with E-state index < -0.39 is 0 Å². The first kappa shape index (κ1) is 14.6. The van der Waals surface area contributed by atoms with Gasteiger partial charge >= 0.3 is 6.09 Å². The van der Waals surface area contributed by atoms with Crippen molar-refractivity contribution in [1.29, 1.82) is 0 Å². The van der Waals surface area contributed by atoms with E-state index in [0.717, 1.165) is 32.4 Å². The molecule has 2 aliphatic heterocycles. The average molecular weight is 295 g/mol. The molecule has 2 saturated heterocycles. The summed E-state index contributed by atoms with van der Waals surface area (Å²) in [6.07, 6.45) is 3.06. The Labute approximate surface area is 125 Å². The van der Waals surface area contributed by atoms with Crippen LogP contribution in [0.15, 0.2) is 0 Å². The summed E-state index contributed by atoms with van der Waals surface area (Å²) >= 11 is 0. The Morgan fingerprint density at radius 2 is 1.76 bits per heavy atom. The lowest BCUT2D eigenvalue weighted by molar-refractivity contribution is -0.135. The molecule has 6 heteroatoms. The first-order valence-corrected chi connectivity index (χ1v) is 8.07. The zero-order valence-electron chi connectivity index (χ0n) is 12.8. The molecule has 3 aliphatic rings. The molecule has 1 N–H and O–H groups in total. The second-order valence-corrected chi connectivity index (χ2v) is 6.38. The van der Waals surface area contributed by atoms with Crippen molar-refractivity contribution in [3.8, 4) is 0 Å². The van der Waals surface area contributed by atoms with Crippen molar-refractivity contribution in [2.75, 3.05) is 45.9 Å². The molecule has 1 saturated carbocycles. The molecule has 0 bridgehead atoms. The van der Waals surface area contributed by atoms with Gasteiger partial charge in [0.25, 0.3) is 0 Å². The maximum absolute atomic E-state index is 12.6. The fourth-order valence-corrected chi connectivity index (χ4v) is 3.72. The molecule has 0 aromatic rings. The Balaban J connectivity index is 1.49. The lowest BCUT2D eigenvalue weighted by Crippen LogP contribution is -2.51. The maximum atomic E-state index is 12.6. The molecule has 2 heterocycles. The van der Waals surface area contributed by atoms with Crippen LogP contribution in [-0.2, 0) is 9.53 Å². The highest BCUT2D eigenvalue weighted by Crippen LogP contribution is 2.59. The van der Waals surface area contributed by atoms with Gasteiger partial charge in [0, 0.05) is 32.1 Å². The normalized spacial score (nSPS) is 27.6. The number of carbonyl (C=O) groups is 2. The van der Waals surface area contributed by atoms with Crippen LogP contribution in [0.2, 0.25) is 0 Å². The molecule has 3 rings (SSSR count). The lowest BCUT2D eigenvalue weighted by atomic mass is 9.91. The van der Waals surface area contributed by atoms with Crippen LogP contribution in [0.5, 0.6) is 0 Å². The van der Waals surface area contributed by atoms with E-state index in [1.807, 2.05) is 11.8 Å². The summed E-state index contributed by atoms with van der Waals surface area (Å²) in [5.41, 5.74) is 0.292. The van der Waals surface area contributed by atoms with Crippen LogP contribution < -0.4 is 5.32 Å². The average Bonchev–Trinajstić information content (AvgIpc) is 3.21. The van der Waals surface area contributed by atoms with Crippen molar-refractivity contribution in [1.82, 2.24) is 15.1 Å². The highest BCUT2D eigenvalue weighted by atomic mass is 16.6. The van der Waals surface area contributed by atoms with E-state index in [9.17, 15) is 9.59 Å². The van der Waals surface area contributed by atoms with Crippen molar-refractivity contribution in [2.24, 2.45) is 11.3 Å². The monoisotopic (exact) mass is 295 g/mol. The zero-order chi connectivity index (χ0) is 14.9. The summed E-state index contributed by atoms with van der Waals surface area (Å²) in [6.45, 7) is 6.75. The minimum atomic E-state index is -0.258. The first-order chi connectivity index (χ1) is 10.2. The molecule has 1 atom stereocenters. The van der Waals surface area contributed by atoms with Crippen molar-refractivity contribution < 1.29 is 14.3 Å². The van der Waals surface area contributed by atoms with Gasteiger partial charge in [0.1, 0.15) is 0 Å². The van der Waals surface area contributed by atoms with Gasteiger partial charge in [0.05, 0.1) is 6.61 Å². The summed E-state index contributed by atoms with van der Waals surface area (Å²) in [7, 11) is 0. The fraction of sp³-hybridized carbons (Fsp3) is 0.867. The Bertz CT molecular complexity index is 412. The number of carbonyl (C=O) groups excluding carboxylic acids is 2. The zero-order valence-corrected chi connectivity index (χ0v) is 12.8. The molecule has 0 aromatic carbocycles. The molecular formula is C15H25N3O3. The Morgan fingerprint density at radius 3 is 2.38 bits per heavy atom. The lowest BCUT2D eigenvalue weighted by Gasteiger charge is -2.35. The third kappa shape index (κ3) is 2.86. The number of nitrogens with one attached hydrogen (secondary N) is 1. The summed E-state index contributed by atoms with van der Waals surface area (Å²) in [5, 5.41) is 3.37. The molecule has 1 unspecified atom stereocenters. The van der Waals surface area contributed by atoms with Gasteiger partial charge < -0.3 is 19.9 Å². The summed E-state index contributed by atoms with van der Waals surface area (Å²) in [5.74, 6) is 0.536. The second-order valence-electron chi connectivity index (χ2n) is 6.38. The predicted molar refractivity (Wildman–Crippen MR) is 77.8 cm³/mol. The Morgan fingerprint density at radius 1 is 1.14 bits per heavy atom. The largest absolute Gasteiger partial charge is 0.450 e. The predicted octanol–water partition coefficient (Wildman–Crippen LogP) is 0.677. The summed E-state index contributed by atoms with van der Waals surface area (Å²) in [6, 6.07) is 0. The van der Waals surface area contributed by atoms with Gasteiger partial charge in [-0.05, 0) is 44.7 Å². The number of piperazine rings is 1. The number of hydrogen-bond acceptors (Lipinski definition) is 4. The third-order valence-electron chi connectivity index (χ3n) is 5.20. The molecule has 0 radical (unpaired) electrons. The third-order valence-corrected chi connectivity index (χ3v) is 5.20. The molecular weight excluding hydrogens is 270 g/mol. The Hall–Kier alpha value is -1.30. The van der Waals surface area contributed by atoms with Crippen molar-refractivity contribution in [3.05, 3.63) is 0 Å². The van der Waals surface area contributed by atoms with Gasteiger partial charge in [-0.25, -0.2) is 4.79 Å². The minimum Gasteiger partial charge on any atom is -0.450 e. The van der Waals surface area contributed by atoms with Gasteiger partial charge in [-0.1, -0.05) is 0 Å². The van der Waals surface area contributed by atoms with E-state index in [0.29, 0.717) is 44.1 Å². The van der Waals surface area contributed by atoms with E-state index >= 15 is 0 Å². The van der Waals surface area contributed by atoms with E-state index in [1.165, 1.54) is 0 Å². The number of ether oxygens (including phenoxy) is 1. The standard InChI is InChI=1S/C15H25N3O3/c1-2-21-14(20)18-9-7-17(8-10-18)13(19)12-11-15(12)3-5-16-6-4-15/h12,16H,2-11H2,1H3. The first-order valence-electron chi connectivity index (χ1n) is 8.07. The van der Waals surface area contributed by atoms with E-state index in [1.54, 1.807) is 4.90 Å². The molecule has 118 valence electrons. The Kier molecular flexibility index (Phi) is 4.06. The van der Waals surface area contributed by atoms with Gasteiger partial charge in [0.15, 0.2) is 0 Å². The van der Waals surface area contributed by atoms with E-state index in [2.05, 4.69) is 5.32 Å². The number of nitrogens with zero attached hydrogens (tertiary/aromatic N) is 2. The smallest absolute Gasteiger partial charge is 0.409 e. The number of amides is 2. The van der Waals surface area contributed by atoms with Crippen molar-refractivity contribution in [2.45, 2.75) is 26.2 Å². The van der Waals surface area contributed by atoms with Crippen LogP contribution >= 0.6 is 0 Å². The molecule has 1 spiro atoms. The quantitative estimate of drug-likeness (QED) is 0.813. The van der Waals surface area contributed by atoms with E-state index in [-0.39, 0.29) is 12.0 Å². The van der Waals surface area contributed by atoms with Crippen LogP contribution in [0.3, 0.4) is 0 Å². The molecule has 2 amide bonds. The number of piperidine rings is 1. The van der Waals surface area contributed by atoms with Gasteiger partial charge in [-0.15, -0.1) is 0 Å². The maximum Gasteiger partial charge on any atom is 0.409 e. The number of hydrogen-bond donors (Lipinski definition) is 1. The molecule has 21 heavy (non-hydrogen) atoms. The van der Waals surface area contributed by atoms with Gasteiger partial charge in [-0.3, -0.25) is 4.79 Å². The molecule has 6 nitrogen and oxygen atoms in total. The van der Waals surface area contributed by atoms with Crippen LogP contribution in [0, 0.1) is 11.3 Å². The SMILES string of the molecule is CCOC(=O)N1CCN(C(=O)C2CC23CCNCC3)CC1. The van der Waals surface area contributed by atoms with Crippen molar-refractivity contribution >= 4 is 12.0 Å². The van der Waals surface area contributed by atoms with Gasteiger partial charge in [-0.2, -0.15) is 0 Å². The van der Waals surface area contributed by atoms with Gasteiger partial charge in [0.2, 0.25) is 5.91 Å². The summed E-state index contributed by atoms with van der Waals surface area (Å²) < 4.78 is 5.00. The highest BCUT2D eigenvalue weighted by molar-refractivity contribution is 5.83. The van der Waals surface area contributed by atoms with E-state index in [4.69, 9.17) is 4.74 Å². The van der Waals surface area contributed by atoms with Crippen LogP contribution in [0.1, 0.15) is 26.2 Å². The van der Waals surface area contributed by atoms with Crippen LogP contribution in [0.25, 0.3) is 0 Å². The molecule has 3 fully saturated rings. The van der Waals surface area contributed by atoms with Crippen molar-refractivity contribution in [3.63, 3.8) is 0 Å². The minimum absolute atomic E-state index is 0.230. The highest BCUT2D eigenvalue weighted by Gasteiger charge is 2.58. The number of rotatable bonds is 2. The second kappa shape index (κ2) is 5.83. The fourth-order valence-electron chi connectivity index (χ4n) is 3.72. The topological polar surface area (TPSA) is 61.9 Å². The molecule has 1 aliphatic carbocycles.